The van der Waals surface area contributed by atoms with Crippen molar-refractivity contribution in [3.05, 3.63) is 35.4 Å². The fourth-order valence-corrected chi connectivity index (χ4v) is 2.35. The lowest BCUT2D eigenvalue weighted by Gasteiger charge is -2.25. The maximum atomic E-state index is 12.8. The summed E-state index contributed by atoms with van der Waals surface area (Å²) in [5.74, 6) is -0.0954. The molecule has 1 N–H and O–H groups in total. The van der Waals surface area contributed by atoms with Crippen LogP contribution in [0.25, 0.3) is 0 Å². The highest BCUT2D eigenvalue weighted by atomic mass is 19.4. The summed E-state index contributed by atoms with van der Waals surface area (Å²) < 4.78 is 38.5. The standard InChI is InChI=1S/C13H14F3NO/c1-12(7-6-11(18)17-12)8-9-4-2-3-5-10(9)13(14,15)16/h2-5H,6-8H2,1H3,(H,17,18). The van der Waals surface area contributed by atoms with Gasteiger partial charge in [0.2, 0.25) is 5.91 Å². The first kappa shape index (κ1) is 12.9. The number of rotatable bonds is 2. The van der Waals surface area contributed by atoms with Gasteiger partial charge >= 0.3 is 6.18 Å². The molecule has 1 heterocycles. The molecule has 0 aliphatic carbocycles. The van der Waals surface area contributed by atoms with Crippen molar-refractivity contribution in [3.8, 4) is 0 Å². The second kappa shape index (κ2) is 4.30. The predicted octanol–water partition coefficient (Wildman–Crippen LogP) is 2.92. The molecule has 0 radical (unpaired) electrons. The predicted molar refractivity (Wildman–Crippen MR) is 60.9 cm³/mol. The van der Waals surface area contributed by atoms with Gasteiger partial charge in [-0.05, 0) is 31.4 Å². The number of benzene rings is 1. The molecule has 0 bridgehead atoms. The topological polar surface area (TPSA) is 29.1 Å². The Balaban J connectivity index is 2.27. The number of alkyl halides is 3. The molecule has 1 aromatic rings. The maximum Gasteiger partial charge on any atom is 0.416 e. The van der Waals surface area contributed by atoms with E-state index in [0.29, 0.717) is 12.8 Å². The molecule has 1 aliphatic heterocycles. The zero-order valence-electron chi connectivity index (χ0n) is 9.97. The molecule has 0 saturated carbocycles. The minimum Gasteiger partial charge on any atom is -0.351 e. The molecule has 1 unspecified atom stereocenters. The van der Waals surface area contributed by atoms with E-state index in [1.54, 1.807) is 13.0 Å². The Kier molecular flexibility index (Phi) is 3.09. The van der Waals surface area contributed by atoms with Gasteiger partial charge in [0.15, 0.2) is 0 Å². The summed E-state index contributed by atoms with van der Waals surface area (Å²) in [6.45, 7) is 1.78. The van der Waals surface area contributed by atoms with Crippen molar-refractivity contribution in [3.63, 3.8) is 0 Å². The molecule has 2 rings (SSSR count). The molecular weight excluding hydrogens is 243 g/mol. The van der Waals surface area contributed by atoms with Crippen LogP contribution in [0, 0.1) is 0 Å². The van der Waals surface area contributed by atoms with Crippen LogP contribution in [0.4, 0.5) is 13.2 Å². The summed E-state index contributed by atoms with van der Waals surface area (Å²) in [4.78, 5) is 11.2. The second-order valence-corrected chi connectivity index (χ2v) is 4.94. The van der Waals surface area contributed by atoms with E-state index in [1.165, 1.54) is 12.1 Å². The number of hydrogen-bond donors (Lipinski definition) is 1. The summed E-state index contributed by atoms with van der Waals surface area (Å²) in [6, 6.07) is 5.51. The Hall–Kier alpha value is -1.52. The Bertz CT molecular complexity index is 470. The van der Waals surface area contributed by atoms with Crippen molar-refractivity contribution in [2.45, 2.75) is 37.9 Å². The van der Waals surface area contributed by atoms with Crippen molar-refractivity contribution < 1.29 is 18.0 Å². The number of carbonyl (C=O) groups excluding carboxylic acids is 1. The lowest BCUT2D eigenvalue weighted by Crippen LogP contribution is -2.40. The van der Waals surface area contributed by atoms with Gasteiger partial charge in [-0.3, -0.25) is 4.79 Å². The molecule has 1 amide bonds. The van der Waals surface area contributed by atoms with E-state index in [1.807, 2.05) is 0 Å². The minimum absolute atomic E-state index is 0.0954. The van der Waals surface area contributed by atoms with Gasteiger partial charge in [0, 0.05) is 12.0 Å². The normalized spacial score (nSPS) is 24.1. The zero-order valence-corrected chi connectivity index (χ0v) is 9.97. The molecule has 98 valence electrons. The molecule has 1 aliphatic rings. The fourth-order valence-electron chi connectivity index (χ4n) is 2.35. The van der Waals surface area contributed by atoms with E-state index >= 15 is 0 Å². The van der Waals surface area contributed by atoms with Crippen LogP contribution < -0.4 is 5.32 Å². The van der Waals surface area contributed by atoms with Crippen molar-refractivity contribution in [1.82, 2.24) is 5.32 Å². The third kappa shape index (κ3) is 2.66. The highest BCUT2D eigenvalue weighted by molar-refractivity contribution is 5.79. The second-order valence-electron chi connectivity index (χ2n) is 4.94. The molecule has 5 heteroatoms. The van der Waals surface area contributed by atoms with Crippen molar-refractivity contribution in [1.29, 1.82) is 0 Å². The molecule has 0 aromatic heterocycles. The van der Waals surface area contributed by atoms with Crippen LogP contribution in [0.2, 0.25) is 0 Å². The quantitative estimate of drug-likeness (QED) is 0.867. The Labute approximate surface area is 103 Å². The van der Waals surface area contributed by atoms with Crippen LogP contribution in [-0.2, 0) is 17.4 Å². The SMILES string of the molecule is CC1(Cc2ccccc2C(F)(F)F)CCC(=O)N1. The number of amides is 1. The zero-order chi connectivity index (χ0) is 13.4. The monoisotopic (exact) mass is 257 g/mol. The summed E-state index contributed by atoms with van der Waals surface area (Å²) in [6.07, 6.45) is -3.20. The van der Waals surface area contributed by atoms with Gasteiger partial charge < -0.3 is 5.32 Å². The largest absolute Gasteiger partial charge is 0.416 e. The lowest BCUT2D eigenvalue weighted by molar-refractivity contribution is -0.138. The first-order valence-corrected chi connectivity index (χ1v) is 5.76. The summed E-state index contributed by atoms with van der Waals surface area (Å²) in [5.41, 5.74) is -0.958. The van der Waals surface area contributed by atoms with Crippen LogP contribution >= 0.6 is 0 Å². The van der Waals surface area contributed by atoms with E-state index in [0.717, 1.165) is 6.07 Å². The van der Waals surface area contributed by atoms with Gasteiger partial charge in [-0.1, -0.05) is 18.2 Å². The molecule has 18 heavy (non-hydrogen) atoms. The number of carbonyl (C=O) groups is 1. The van der Waals surface area contributed by atoms with Crippen LogP contribution in [0.15, 0.2) is 24.3 Å². The van der Waals surface area contributed by atoms with Gasteiger partial charge in [0.05, 0.1) is 5.56 Å². The molecule has 1 aromatic carbocycles. The van der Waals surface area contributed by atoms with Crippen LogP contribution in [0.1, 0.15) is 30.9 Å². The maximum absolute atomic E-state index is 12.8. The van der Waals surface area contributed by atoms with E-state index in [-0.39, 0.29) is 17.9 Å². The van der Waals surface area contributed by atoms with E-state index < -0.39 is 17.3 Å². The summed E-state index contributed by atoms with van der Waals surface area (Å²) >= 11 is 0. The first-order valence-electron chi connectivity index (χ1n) is 5.76. The minimum atomic E-state index is -4.35. The third-order valence-electron chi connectivity index (χ3n) is 3.25. The molecule has 0 spiro atoms. The van der Waals surface area contributed by atoms with Gasteiger partial charge in [0.1, 0.15) is 0 Å². The van der Waals surface area contributed by atoms with Gasteiger partial charge in [-0.2, -0.15) is 13.2 Å². The van der Waals surface area contributed by atoms with Crippen molar-refractivity contribution >= 4 is 5.91 Å². The van der Waals surface area contributed by atoms with Crippen LogP contribution in [0.3, 0.4) is 0 Å². The molecule has 1 atom stereocenters. The smallest absolute Gasteiger partial charge is 0.351 e. The molecular formula is C13H14F3NO. The number of halogens is 3. The van der Waals surface area contributed by atoms with Crippen molar-refractivity contribution in [2.75, 3.05) is 0 Å². The summed E-state index contributed by atoms with van der Waals surface area (Å²) in [7, 11) is 0. The molecule has 1 saturated heterocycles. The Morgan fingerprint density at radius 2 is 2.00 bits per heavy atom. The number of nitrogens with one attached hydrogen (secondary N) is 1. The van der Waals surface area contributed by atoms with E-state index in [4.69, 9.17) is 0 Å². The van der Waals surface area contributed by atoms with E-state index in [9.17, 15) is 18.0 Å². The molecule has 2 nitrogen and oxygen atoms in total. The van der Waals surface area contributed by atoms with Gasteiger partial charge in [-0.15, -0.1) is 0 Å². The lowest BCUT2D eigenvalue weighted by atomic mass is 9.89. The Morgan fingerprint density at radius 1 is 1.33 bits per heavy atom. The van der Waals surface area contributed by atoms with E-state index in [2.05, 4.69) is 5.32 Å². The average molecular weight is 257 g/mol. The van der Waals surface area contributed by atoms with Crippen molar-refractivity contribution in [2.24, 2.45) is 0 Å². The third-order valence-corrected chi connectivity index (χ3v) is 3.25. The van der Waals surface area contributed by atoms with Gasteiger partial charge in [0.25, 0.3) is 0 Å². The first-order chi connectivity index (χ1) is 8.30. The van der Waals surface area contributed by atoms with Crippen LogP contribution in [-0.4, -0.2) is 11.4 Å². The number of hydrogen-bond acceptors (Lipinski definition) is 1. The average Bonchev–Trinajstić information content (AvgIpc) is 2.57. The molecule has 1 fully saturated rings. The van der Waals surface area contributed by atoms with Gasteiger partial charge in [-0.25, -0.2) is 0 Å². The Morgan fingerprint density at radius 3 is 2.56 bits per heavy atom. The van der Waals surface area contributed by atoms with Crippen LogP contribution in [0.5, 0.6) is 0 Å². The highest BCUT2D eigenvalue weighted by Crippen LogP contribution is 2.34. The summed E-state index contributed by atoms with van der Waals surface area (Å²) in [5, 5.41) is 2.75. The highest BCUT2D eigenvalue weighted by Gasteiger charge is 2.38. The fraction of sp³-hybridized carbons (Fsp3) is 0.462.